The first-order chi connectivity index (χ1) is 19.3. The van der Waals surface area contributed by atoms with Gasteiger partial charge >= 0.3 is 0 Å². The molecular weight excluding hydrogens is 496 g/mol. The Morgan fingerprint density at radius 2 is 1.80 bits per heavy atom. The van der Waals surface area contributed by atoms with Crippen LogP contribution in [0.1, 0.15) is 106 Å². The highest BCUT2D eigenvalue weighted by atomic mass is 16.5. The fourth-order valence-electron chi connectivity index (χ4n) is 6.32. The molecule has 40 heavy (non-hydrogen) atoms. The number of aryl methyl sites for hydroxylation is 2. The van der Waals surface area contributed by atoms with E-state index in [0.717, 1.165) is 46.7 Å². The third-order valence-corrected chi connectivity index (χ3v) is 8.74. The standard InChI is InChI=1S/C34H46N4O2/c1-22(2)17-27-19-28(20-27)32-36-37-33(38(32)29-12-13-29)30(15-16-40-21-26-9-7-6-8-10-26)25(5)34(39)35-31-14-11-23(3)18-24(31)4/h6-11,14,18,22,25,27-30H,12-13,15-17,19-21H2,1-5H3,(H,35,39)/t25?,27-,28+,30?. The molecular formula is C34H46N4O2. The molecule has 2 aliphatic rings. The molecule has 2 aliphatic carbocycles. The van der Waals surface area contributed by atoms with Crippen LogP contribution in [0.3, 0.4) is 0 Å². The second-order valence-electron chi connectivity index (χ2n) is 12.7. The van der Waals surface area contributed by atoms with Crippen molar-refractivity contribution in [2.24, 2.45) is 17.8 Å². The van der Waals surface area contributed by atoms with Gasteiger partial charge < -0.3 is 14.6 Å². The lowest BCUT2D eigenvalue weighted by Gasteiger charge is -2.36. The highest BCUT2D eigenvalue weighted by Gasteiger charge is 2.41. The Morgan fingerprint density at radius 1 is 1.05 bits per heavy atom. The van der Waals surface area contributed by atoms with Gasteiger partial charge in [-0.2, -0.15) is 0 Å². The number of nitrogens with zero attached hydrogens (tertiary/aromatic N) is 3. The molecule has 0 saturated heterocycles. The molecule has 214 valence electrons. The van der Waals surface area contributed by atoms with Crippen LogP contribution in [0, 0.1) is 31.6 Å². The van der Waals surface area contributed by atoms with Gasteiger partial charge in [0.15, 0.2) is 0 Å². The number of anilines is 1. The lowest BCUT2D eigenvalue weighted by Crippen LogP contribution is -2.30. The number of carbonyl (C=O) groups excluding carboxylic acids is 1. The smallest absolute Gasteiger partial charge is 0.227 e. The first kappa shape index (κ1) is 28.5. The van der Waals surface area contributed by atoms with Crippen LogP contribution in [-0.2, 0) is 16.1 Å². The van der Waals surface area contributed by atoms with E-state index in [0.29, 0.717) is 25.2 Å². The minimum atomic E-state index is -0.273. The largest absolute Gasteiger partial charge is 0.377 e. The van der Waals surface area contributed by atoms with Crippen molar-refractivity contribution in [1.29, 1.82) is 0 Å². The molecule has 0 aliphatic heterocycles. The maximum Gasteiger partial charge on any atom is 0.227 e. The zero-order valence-electron chi connectivity index (χ0n) is 24.9. The van der Waals surface area contributed by atoms with E-state index in [2.05, 4.69) is 48.9 Å². The summed E-state index contributed by atoms with van der Waals surface area (Å²) in [6.07, 6.45) is 6.76. The van der Waals surface area contributed by atoms with E-state index >= 15 is 0 Å². The molecule has 5 rings (SSSR count). The highest BCUT2D eigenvalue weighted by Crippen LogP contribution is 2.48. The van der Waals surface area contributed by atoms with Gasteiger partial charge in [0.1, 0.15) is 11.6 Å². The molecule has 2 atom stereocenters. The Bertz CT molecular complexity index is 1270. The van der Waals surface area contributed by atoms with Crippen LogP contribution in [0.15, 0.2) is 48.5 Å². The van der Waals surface area contributed by atoms with E-state index in [4.69, 9.17) is 14.9 Å². The molecule has 2 unspecified atom stereocenters. The number of aromatic nitrogens is 3. The van der Waals surface area contributed by atoms with Crippen LogP contribution in [0.2, 0.25) is 0 Å². The second kappa shape index (κ2) is 12.7. The maximum absolute atomic E-state index is 13.7. The van der Waals surface area contributed by atoms with E-state index in [-0.39, 0.29) is 17.7 Å². The van der Waals surface area contributed by atoms with Crippen LogP contribution in [-0.4, -0.2) is 27.3 Å². The second-order valence-corrected chi connectivity index (χ2v) is 12.7. The zero-order valence-corrected chi connectivity index (χ0v) is 24.9. The first-order valence-corrected chi connectivity index (χ1v) is 15.2. The van der Waals surface area contributed by atoms with Gasteiger partial charge in [-0.1, -0.05) is 68.8 Å². The Balaban J connectivity index is 1.35. The summed E-state index contributed by atoms with van der Waals surface area (Å²) in [4.78, 5) is 13.7. The molecule has 6 heteroatoms. The Kier molecular flexibility index (Phi) is 9.04. The third-order valence-electron chi connectivity index (χ3n) is 8.74. The predicted molar refractivity (Wildman–Crippen MR) is 160 cm³/mol. The Morgan fingerprint density at radius 3 is 2.48 bits per heavy atom. The van der Waals surface area contributed by atoms with Crippen molar-refractivity contribution in [1.82, 2.24) is 14.8 Å². The summed E-state index contributed by atoms with van der Waals surface area (Å²) >= 11 is 0. The monoisotopic (exact) mass is 542 g/mol. The zero-order chi connectivity index (χ0) is 28.2. The van der Waals surface area contributed by atoms with Gasteiger partial charge in [-0.05, 0) is 81.4 Å². The maximum atomic E-state index is 13.7. The van der Waals surface area contributed by atoms with Crippen LogP contribution < -0.4 is 5.32 Å². The quantitative estimate of drug-likeness (QED) is 0.224. The lowest BCUT2D eigenvalue weighted by molar-refractivity contribution is -0.120. The molecule has 0 spiro atoms. The summed E-state index contributed by atoms with van der Waals surface area (Å²) in [7, 11) is 0. The number of rotatable bonds is 13. The summed E-state index contributed by atoms with van der Waals surface area (Å²) in [6, 6.07) is 16.9. The predicted octanol–water partition coefficient (Wildman–Crippen LogP) is 7.73. The van der Waals surface area contributed by atoms with E-state index in [1.165, 1.54) is 37.7 Å². The minimum Gasteiger partial charge on any atom is -0.377 e. The molecule has 2 fully saturated rings. The number of hydrogen-bond acceptors (Lipinski definition) is 4. The van der Waals surface area contributed by atoms with Crippen LogP contribution in [0.5, 0.6) is 0 Å². The number of amides is 1. The third kappa shape index (κ3) is 6.83. The first-order valence-electron chi connectivity index (χ1n) is 15.2. The Hall–Kier alpha value is -2.99. The number of ether oxygens (including phenoxy) is 1. The van der Waals surface area contributed by atoms with Gasteiger partial charge in [-0.3, -0.25) is 4.79 Å². The van der Waals surface area contributed by atoms with Crippen LogP contribution >= 0.6 is 0 Å². The fraction of sp³-hybridized carbons (Fsp3) is 0.559. The molecule has 1 amide bonds. The van der Waals surface area contributed by atoms with Gasteiger partial charge in [0.05, 0.1) is 6.61 Å². The molecule has 1 aromatic heterocycles. The molecule has 1 heterocycles. The molecule has 0 radical (unpaired) electrons. The van der Waals surface area contributed by atoms with Crippen molar-refractivity contribution in [3.63, 3.8) is 0 Å². The van der Waals surface area contributed by atoms with Crippen molar-refractivity contribution in [3.05, 3.63) is 76.9 Å². The Labute approximate surface area is 239 Å². The summed E-state index contributed by atoms with van der Waals surface area (Å²) < 4.78 is 8.55. The molecule has 2 saturated carbocycles. The van der Waals surface area contributed by atoms with Gasteiger partial charge in [0.2, 0.25) is 5.91 Å². The average molecular weight is 543 g/mol. The minimum absolute atomic E-state index is 0.0209. The summed E-state index contributed by atoms with van der Waals surface area (Å²) in [6.45, 7) is 11.9. The van der Waals surface area contributed by atoms with Crippen molar-refractivity contribution in [2.45, 2.75) is 97.6 Å². The normalized spacial score (nSPS) is 20.2. The number of carbonyl (C=O) groups is 1. The summed E-state index contributed by atoms with van der Waals surface area (Å²) in [5.41, 5.74) is 4.29. The van der Waals surface area contributed by atoms with Crippen LogP contribution in [0.4, 0.5) is 5.69 Å². The van der Waals surface area contributed by atoms with Crippen molar-refractivity contribution in [3.8, 4) is 0 Å². The van der Waals surface area contributed by atoms with Gasteiger partial charge in [-0.15, -0.1) is 10.2 Å². The average Bonchev–Trinajstić information content (AvgIpc) is 3.66. The topological polar surface area (TPSA) is 69.0 Å². The van der Waals surface area contributed by atoms with Gasteiger partial charge in [0.25, 0.3) is 0 Å². The highest BCUT2D eigenvalue weighted by molar-refractivity contribution is 5.93. The fourth-order valence-corrected chi connectivity index (χ4v) is 6.32. The lowest BCUT2D eigenvalue weighted by atomic mass is 9.71. The van der Waals surface area contributed by atoms with Crippen molar-refractivity contribution in [2.75, 3.05) is 11.9 Å². The summed E-state index contributed by atoms with van der Waals surface area (Å²) in [5.74, 6) is 3.81. The van der Waals surface area contributed by atoms with Gasteiger partial charge in [0, 0.05) is 36.1 Å². The molecule has 6 nitrogen and oxygen atoms in total. The SMILES string of the molecule is Cc1ccc(NC(=O)C(C)C(CCOCc2ccccc2)c2nnc([C@H]3C[C@@H](CC(C)C)C3)n2C2CC2)c(C)c1. The molecule has 1 N–H and O–H groups in total. The van der Waals surface area contributed by atoms with E-state index in [1.807, 2.05) is 44.2 Å². The molecule has 3 aromatic rings. The number of hydrogen-bond donors (Lipinski definition) is 1. The van der Waals surface area contributed by atoms with Gasteiger partial charge in [-0.25, -0.2) is 0 Å². The van der Waals surface area contributed by atoms with Crippen LogP contribution in [0.25, 0.3) is 0 Å². The summed E-state index contributed by atoms with van der Waals surface area (Å²) in [5, 5.41) is 12.8. The van der Waals surface area contributed by atoms with E-state index in [9.17, 15) is 4.79 Å². The van der Waals surface area contributed by atoms with Crippen molar-refractivity contribution < 1.29 is 9.53 Å². The molecule has 0 bridgehead atoms. The van der Waals surface area contributed by atoms with E-state index in [1.54, 1.807) is 0 Å². The van der Waals surface area contributed by atoms with Crippen molar-refractivity contribution >= 4 is 11.6 Å². The van der Waals surface area contributed by atoms with E-state index < -0.39 is 0 Å². The number of benzene rings is 2. The molecule has 2 aromatic carbocycles. The number of nitrogens with one attached hydrogen (secondary N) is 1.